The third-order valence-electron chi connectivity index (χ3n) is 1.85. The second kappa shape index (κ2) is 5.94. The SMILES string of the molecule is CNCC#Cc1cc(OC)cc(OC)c1. The molecule has 0 atom stereocenters. The Morgan fingerprint density at radius 1 is 1.13 bits per heavy atom. The van der Waals surface area contributed by atoms with E-state index in [-0.39, 0.29) is 0 Å². The molecule has 0 aliphatic heterocycles. The topological polar surface area (TPSA) is 30.5 Å². The van der Waals surface area contributed by atoms with Gasteiger partial charge in [0.2, 0.25) is 0 Å². The first-order chi connectivity index (χ1) is 7.30. The summed E-state index contributed by atoms with van der Waals surface area (Å²) < 4.78 is 10.3. The molecule has 0 unspecified atom stereocenters. The summed E-state index contributed by atoms with van der Waals surface area (Å²) in [6, 6.07) is 5.58. The standard InChI is InChI=1S/C12H15NO2/c1-13-6-4-5-10-7-11(14-2)9-12(8-10)15-3/h7-9,13H,6H2,1-3H3. The molecule has 0 spiro atoms. The third kappa shape index (κ3) is 3.53. The van der Waals surface area contributed by atoms with Crippen molar-refractivity contribution in [3.05, 3.63) is 23.8 Å². The molecular weight excluding hydrogens is 190 g/mol. The minimum Gasteiger partial charge on any atom is -0.497 e. The van der Waals surface area contributed by atoms with E-state index < -0.39 is 0 Å². The molecule has 0 aliphatic carbocycles. The summed E-state index contributed by atoms with van der Waals surface area (Å²) in [5.74, 6) is 7.51. The summed E-state index contributed by atoms with van der Waals surface area (Å²) >= 11 is 0. The molecule has 0 fully saturated rings. The Balaban J connectivity index is 2.93. The van der Waals surface area contributed by atoms with E-state index >= 15 is 0 Å². The van der Waals surface area contributed by atoms with E-state index in [2.05, 4.69) is 17.2 Å². The van der Waals surface area contributed by atoms with E-state index in [1.54, 1.807) is 14.2 Å². The summed E-state index contributed by atoms with van der Waals surface area (Å²) in [5.41, 5.74) is 0.890. The van der Waals surface area contributed by atoms with Crippen LogP contribution in [0.15, 0.2) is 18.2 Å². The second-order valence-corrected chi connectivity index (χ2v) is 2.93. The lowest BCUT2D eigenvalue weighted by Crippen LogP contribution is -2.04. The van der Waals surface area contributed by atoms with Crippen molar-refractivity contribution in [3.8, 4) is 23.3 Å². The molecule has 0 radical (unpaired) electrons. The van der Waals surface area contributed by atoms with E-state index in [4.69, 9.17) is 9.47 Å². The average molecular weight is 205 g/mol. The zero-order valence-corrected chi connectivity index (χ0v) is 9.26. The minimum atomic E-state index is 0.666. The fourth-order valence-electron chi connectivity index (χ4n) is 1.11. The molecule has 0 aromatic heterocycles. The number of methoxy groups -OCH3 is 2. The van der Waals surface area contributed by atoms with Crippen molar-refractivity contribution in [2.45, 2.75) is 0 Å². The lowest BCUT2D eigenvalue weighted by Gasteiger charge is -2.04. The van der Waals surface area contributed by atoms with Crippen LogP contribution < -0.4 is 14.8 Å². The minimum absolute atomic E-state index is 0.666. The van der Waals surface area contributed by atoms with E-state index in [1.165, 1.54) is 0 Å². The van der Waals surface area contributed by atoms with Gasteiger partial charge in [-0.05, 0) is 19.2 Å². The first-order valence-corrected chi connectivity index (χ1v) is 4.66. The van der Waals surface area contributed by atoms with Crippen molar-refractivity contribution in [1.29, 1.82) is 0 Å². The van der Waals surface area contributed by atoms with Crippen molar-refractivity contribution in [2.24, 2.45) is 0 Å². The zero-order chi connectivity index (χ0) is 11.1. The molecule has 80 valence electrons. The monoisotopic (exact) mass is 205 g/mol. The van der Waals surface area contributed by atoms with Crippen molar-refractivity contribution in [3.63, 3.8) is 0 Å². The molecule has 0 saturated carbocycles. The number of nitrogens with one attached hydrogen (secondary N) is 1. The Hall–Kier alpha value is -1.66. The maximum atomic E-state index is 5.14. The number of rotatable bonds is 3. The van der Waals surface area contributed by atoms with Crippen LogP contribution in [-0.2, 0) is 0 Å². The molecule has 1 rings (SSSR count). The Bertz CT molecular complexity index is 355. The molecule has 0 heterocycles. The molecule has 3 heteroatoms. The smallest absolute Gasteiger partial charge is 0.123 e. The normalized spacial score (nSPS) is 9.00. The van der Waals surface area contributed by atoms with Gasteiger partial charge in [-0.1, -0.05) is 11.8 Å². The van der Waals surface area contributed by atoms with Gasteiger partial charge >= 0.3 is 0 Å². The van der Waals surface area contributed by atoms with Crippen LogP contribution in [0.1, 0.15) is 5.56 Å². The Morgan fingerprint density at radius 3 is 2.20 bits per heavy atom. The first-order valence-electron chi connectivity index (χ1n) is 4.66. The van der Waals surface area contributed by atoms with Crippen LogP contribution in [0, 0.1) is 11.8 Å². The van der Waals surface area contributed by atoms with Crippen molar-refractivity contribution < 1.29 is 9.47 Å². The number of hydrogen-bond donors (Lipinski definition) is 1. The van der Waals surface area contributed by atoms with Crippen LogP contribution in [-0.4, -0.2) is 27.8 Å². The molecule has 0 bridgehead atoms. The van der Waals surface area contributed by atoms with Crippen molar-refractivity contribution in [1.82, 2.24) is 5.32 Å². The van der Waals surface area contributed by atoms with Crippen LogP contribution >= 0.6 is 0 Å². The molecule has 0 saturated heterocycles. The van der Waals surface area contributed by atoms with Gasteiger partial charge in [-0.25, -0.2) is 0 Å². The lowest BCUT2D eigenvalue weighted by molar-refractivity contribution is 0.394. The quantitative estimate of drug-likeness (QED) is 0.754. The second-order valence-electron chi connectivity index (χ2n) is 2.93. The Labute approximate surface area is 90.4 Å². The fourth-order valence-corrected chi connectivity index (χ4v) is 1.11. The fraction of sp³-hybridized carbons (Fsp3) is 0.333. The highest BCUT2D eigenvalue weighted by Crippen LogP contribution is 2.21. The molecule has 3 nitrogen and oxygen atoms in total. The van der Waals surface area contributed by atoms with Crippen LogP contribution in [0.5, 0.6) is 11.5 Å². The average Bonchev–Trinajstić information content (AvgIpc) is 2.29. The number of benzene rings is 1. The van der Waals surface area contributed by atoms with Gasteiger partial charge in [0.1, 0.15) is 11.5 Å². The molecule has 1 aromatic carbocycles. The molecule has 0 amide bonds. The largest absolute Gasteiger partial charge is 0.497 e. The van der Waals surface area contributed by atoms with Gasteiger partial charge in [0.15, 0.2) is 0 Å². The zero-order valence-electron chi connectivity index (χ0n) is 9.26. The van der Waals surface area contributed by atoms with Crippen LogP contribution in [0.3, 0.4) is 0 Å². The third-order valence-corrected chi connectivity index (χ3v) is 1.85. The van der Waals surface area contributed by atoms with Crippen LogP contribution in [0.4, 0.5) is 0 Å². The molecular formula is C12H15NO2. The predicted molar refractivity (Wildman–Crippen MR) is 60.4 cm³/mol. The molecule has 0 aliphatic rings. The maximum Gasteiger partial charge on any atom is 0.123 e. The highest BCUT2D eigenvalue weighted by atomic mass is 16.5. The summed E-state index contributed by atoms with van der Waals surface area (Å²) in [6.07, 6.45) is 0. The van der Waals surface area contributed by atoms with Crippen molar-refractivity contribution >= 4 is 0 Å². The van der Waals surface area contributed by atoms with Gasteiger partial charge in [0.25, 0.3) is 0 Å². The maximum absolute atomic E-state index is 5.14. The van der Waals surface area contributed by atoms with Gasteiger partial charge in [-0.2, -0.15) is 0 Å². The number of hydrogen-bond acceptors (Lipinski definition) is 3. The van der Waals surface area contributed by atoms with E-state index in [1.807, 2.05) is 25.2 Å². The Kier molecular flexibility index (Phi) is 4.52. The van der Waals surface area contributed by atoms with Gasteiger partial charge in [-0.15, -0.1) is 0 Å². The van der Waals surface area contributed by atoms with Crippen LogP contribution in [0.25, 0.3) is 0 Å². The van der Waals surface area contributed by atoms with Gasteiger partial charge in [-0.3, -0.25) is 0 Å². The van der Waals surface area contributed by atoms with E-state index in [0.29, 0.717) is 6.54 Å². The first kappa shape index (κ1) is 11.4. The highest BCUT2D eigenvalue weighted by Gasteiger charge is 1.98. The van der Waals surface area contributed by atoms with E-state index in [0.717, 1.165) is 17.1 Å². The van der Waals surface area contributed by atoms with Gasteiger partial charge in [0, 0.05) is 11.6 Å². The summed E-state index contributed by atoms with van der Waals surface area (Å²) in [7, 11) is 5.11. The summed E-state index contributed by atoms with van der Waals surface area (Å²) in [5, 5.41) is 2.96. The predicted octanol–water partition coefficient (Wildman–Crippen LogP) is 1.27. The van der Waals surface area contributed by atoms with Gasteiger partial charge < -0.3 is 14.8 Å². The molecule has 1 N–H and O–H groups in total. The molecule has 1 aromatic rings. The van der Waals surface area contributed by atoms with Gasteiger partial charge in [0.05, 0.1) is 20.8 Å². The highest BCUT2D eigenvalue weighted by molar-refractivity contribution is 5.46. The Morgan fingerprint density at radius 2 is 1.73 bits per heavy atom. The summed E-state index contributed by atoms with van der Waals surface area (Å²) in [4.78, 5) is 0. The number of ether oxygens (including phenoxy) is 2. The lowest BCUT2D eigenvalue weighted by atomic mass is 10.2. The molecule has 15 heavy (non-hydrogen) atoms. The van der Waals surface area contributed by atoms with E-state index in [9.17, 15) is 0 Å². The van der Waals surface area contributed by atoms with Crippen LogP contribution in [0.2, 0.25) is 0 Å². The summed E-state index contributed by atoms with van der Waals surface area (Å²) in [6.45, 7) is 0.666. The van der Waals surface area contributed by atoms with Crippen molar-refractivity contribution in [2.75, 3.05) is 27.8 Å².